The zero-order chi connectivity index (χ0) is 19.7. The molecule has 0 atom stereocenters. The van der Waals surface area contributed by atoms with E-state index < -0.39 is 5.97 Å². The first-order chi connectivity index (χ1) is 13.6. The molecular weight excluding hydrogens is 542 g/mol. The van der Waals surface area contributed by atoms with Crippen LogP contribution in [0.2, 0.25) is 0 Å². The van der Waals surface area contributed by atoms with Crippen molar-refractivity contribution in [3.63, 3.8) is 0 Å². The van der Waals surface area contributed by atoms with Crippen molar-refractivity contribution in [2.45, 2.75) is 6.92 Å². The van der Waals surface area contributed by atoms with Crippen LogP contribution in [0.1, 0.15) is 16.1 Å². The van der Waals surface area contributed by atoms with E-state index in [9.17, 15) is 4.79 Å². The summed E-state index contributed by atoms with van der Waals surface area (Å²) in [7, 11) is 1.67. The van der Waals surface area contributed by atoms with Gasteiger partial charge in [-0.25, -0.2) is 4.79 Å². The van der Waals surface area contributed by atoms with Crippen molar-refractivity contribution < 1.29 is 30.0 Å². The summed E-state index contributed by atoms with van der Waals surface area (Å²) in [4.78, 5) is 14.7. The molecule has 5 aromatic rings. The molecule has 0 saturated heterocycles. The first kappa shape index (κ1) is 20.6. The van der Waals surface area contributed by atoms with Crippen LogP contribution in [0, 0.1) is 13.0 Å². The topological polar surface area (TPSA) is 68.0 Å². The van der Waals surface area contributed by atoms with Crippen LogP contribution >= 0.6 is 0 Å². The number of carboxylic acid groups (broad SMARTS) is 1. The van der Waals surface area contributed by atoms with Gasteiger partial charge >= 0.3 is 5.97 Å². The third-order valence-electron chi connectivity index (χ3n) is 4.67. The van der Waals surface area contributed by atoms with Gasteiger partial charge in [-0.05, 0) is 40.9 Å². The number of aromatic carboxylic acids is 1. The summed E-state index contributed by atoms with van der Waals surface area (Å²) in [6, 6.07) is 21.6. The molecule has 29 heavy (non-hydrogen) atoms. The zero-order valence-electron chi connectivity index (χ0n) is 15.9. The molecule has 0 aliphatic heterocycles. The monoisotopic (exact) mass is 561 g/mol. The number of hydrogen-bond donors (Lipinski definition) is 1. The molecule has 147 valence electrons. The Kier molecular flexibility index (Phi) is 6.06. The predicted octanol–water partition coefficient (Wildman–Crippen LogP) is 4.77. The van der Waals surface area contributed by atoms with Crippen LogP contribution in [0.15, 0.2) is 67.0 Å². The molecule has 5 rings (SSSR count). The number of pyridine rings is 1. The van der Waals surface area contributed by atoms with Crippen molar-refractivity contribution in [2.24, 2.45) is 7.05 Å². The molecule has 1 N–H and O–H groups in total. The summed E-state index contributed by atoms with van der Waals surface area (Å²) in [6.07, 6.45) is 3.47. The first-order valence-corrected chi connectivity index (χ1v) is 8.85. The maximum atomic E-state index is 10.1. The van der Waals surface area contributed by atoms with Crippen LogP contribution in [0.3, 0.4) is 0 Å². The Labute approximate surface area is 181 Å². The number of carbonyl (C=O) groups is 1. The van der Waals surface area contributed by atoms with E-state index in [4.69, 9.17) is 5.11 Å². The Morgan fingerprint density at radius 2 is 1.76 bits per heavy atom. The first-order valence-electron chi connectivity index (χ1n) is 8.85. The van der Waals surface area contributed by atoms with Crippen molar-refractivity contribution in [3.8, 4) is 0 Å². The number of carboxylic acids is 1. The summed E-state index contributed by atoms with van der Waals surface area (Å²) in [5, 5.41) is 18.1. The number of aromatic nitrogens is 3. The molecule has 2 heterocycles. The Hall–Kier alpha value is -3.08. The summed E-state index contributed by atoms with van der Waals surface area (Å²) in [6.45, 7) is 2.14. The van der Waals surface area contributed by atoms with E-state index in [1.54, 1.807) is 13.2 Å². The summed E-state index contributed by atoms with van der Waals surface area (Å²) in [5.41, 5.74) is 2.40. The fourth-order valence-electron chi connectivity index (χ4n) is 3.41. The number of nitrogens with zero attached hydrogens (tertiary/aromatic N) is 3. The van der Waals surface area contributed by atoms with E-state index in [0.717, 1.165) is 10.9 Å². The number of rotatable bonds is 1. The Morgan fingerprint density at radius 1 is 1.03 bits per heavy atom. The van der Waals surface area contributed by atoms with Crippen LogP contribution in [0.4, 0.5) is 0 Å². The third kappa shape index (κ3) is 3.90. The van der Waals surface area contributed by atoms with Gasteiger partial charge in [-0.2, -0.15) is 5.10 Å². The molecule has 2 aromatic heterocycles. The van der Waals surface area contributed by atoms with Gasteiger partial charge in [0, 0.05) is 39.5 Å². The van der Waals surface area contributed by atoms with E-state index in [0.29, 0.717) is 0 Å². The molecule has 0 amide bonds. The SMILES string of the molecule is Cc1ccnc2c3[c-]cccc3c3ccccc3c12.Cn1ccc(C(=O)O)n1.[Ir]. The molecule has 0 fully saturated rings. The largest absolute Gasteiger partial charge is 0.476 e. The quantitative estimate of drug-likeness (QED) is 0.237. The second kappa shape index (κ2) is 8.51. The van der Waals surface area contributed by atoms with Gasteiger partial charge in [0.25, 0.3) is 0 Å². The fraction of sp³-hybridized carbons (Fsp3) is 0.0870. The summed E-state index contributed by atoms with van der Waals surface area (Å²) < 4.78 is 1.45. The number of fused-ring (bicyclic) bond motifs is 6. The molecule has 3 aromatic carbocycles. The van der Waals surface area contributed by atoms with Gasteiger partial charge in [0.05, 0.1) is 0 Å². The van der Waals surface area contributed by atoms with E-state index >= 15 is 0 Å². The molecule has 6 heteroatoms. The van der Waals surface area contributed by atoms with Gasteiger partial charge in [-0.3, -0.25) is 4.68 Å². The normalized spacial score (nSPS) is 10.4. The van der Waals surface area contributed by atoms with Gasteiger partial charge in [-0.15, -0.1) is 29.7 Å². The standard InChI is InChI=1S/C18H12N.C5H6N2O2.Ir/c1-12-10-11-19-18-16-9-5-3-7-14(16)13-6-2-4-8-15(13)17(12)18;1-7-3-2-4(6-7)5(8)9;/h2-8,10-11H,1H3;2-3H,1H3,(H,8,9);/q-1;;. The summed E-state index contributed by atoms with van der Waals surface area (Å²) >= 11 is 0. The van der Waals surface area contributed by atoms with E-state index in [1.165, 1.54) is 37.9 Å². The minimum atomic E-state index is -0.990. The fourth-order valence-corrected chi connectivity index (χ4v) is 3.41. The second-order valence-electron chi connectivity index (χ2n) is 6.54. The average molecular weight is 561 g/mol. The van der Waals surface area contributed by atoms with Crippen LogP contribution < -0.4 is 0 Å². The molecule has 5 nitrogen and oxygen atoms in total. The van der Waals surface area contributed by atoms with Crippen molar-refractivity contribution in [2.75, 3.05) is 0 Å². The molecule has 0 aliphatic carbocycles. The van der Waals surface area contributed by atoms with Gasteiger partial charge in [0.1, 0.15) is 0 Å². The van der Waals surface area contributed by atoms with Gasteiger partial charge in [0.15, 0.2) is 5.69 Å². The van der Waals surface area contributed by atoms with Crippen molar-refractivity contribution >= 4 is 38.4 Å². The zero-order valence-corrected chi connectivity index (χ0v) is 18.3. The molecule has 0 unspecified atom stereocenters. The Balaban J connectivity index is 0.000000205. The maximum absolute atomic E-state index is 10.1. The van der Waals surface area contributed by atoms with Gasteiger partial charge < -0.3 is 10.1 Å². The van der Waals surface area contributed by atoms with Crippen molar-refractivity contribution in [1.82, 2.24) is 14.8 Å². The second-order valence-corrected chi connectivity index (χ2v) is 6.54. The Morgan fingerprint density at radius 3 is 2.41 bits per heavy atom. The van der Waals surface area contributed by atoms with Crippen molar-refractivity contribution in [3.05, 3.63) is 84.3 Å². The molecular formula is C23H18IrN3O2-. The molecule has 0 saturated carbocycles. The van der Waals surface area contributed by atoms with E-state index in [2.05, 4.69) is 59.5 Å². The molecule has 1 radical (unpaired) electrons. The maximum Gasteiger partial charge on any atom is 0.356 e. The minimum Gasteiger partial charge on any atom is -0.476 e. The summed E-state index contributed by atoms with van der Waals surface area (Å²) in [5.74, 6) is -0.990. The van der Waals surface area contributed by atoms with Crippen LogP contribution in [-0.4, -0.2) is 25.8 Å². The predicted molar refractivity (Wildman–Crippen MR) is 110 cm³/mol. The smallest absolute Gasteiger partial charge is 0.356 e. The molecule has 0 bridgehead atoms. The van der Waals surface area contributed by atoms with Crippen molar-refractivity contribution in [1.29, 1.82) is 0 Å². The van der Waals surface area contributed by atoms with Crippen LogP contribution in [-0.2, 0) is 27.2 Å². The van der Waals surface area contributed by atoms with Crippen LogP contribution in [0.5, 0.6) is 0 Å². The van der Waals surface area contributed by atoms with Crippen LogP contribution in [0.25, 0.3) is 32.4 Å². The van der Waals surface area contributed by atoms with Gasteiger partial charge in [0.2, 0.25) is 0 Å². The average Bonchev–Trinajstić information content (AvgIpc) is 3.15. The third-order valence-corrected chi connectivity index (χ3v) is 4.67. The molecule has 0 spiro atoms. The molecule has 0 aliphatic rings. The van der Waals surface area contributed by atoms with Gasteiger partial charge in [-0.1, -0.05) is 35.0 Å². The number of benzene rings is 3. The van der Waals surface area contributed by atoms with E-state index in [-0.39, 0.29) is 25.8 Å². The van der Waals surface area contributed by atoms with E-state index in [1.807, 2.05) is 18.3 Å². The number of hydrogen-bond acceptors (Lipinski definition) is 3. The Bertz CT molecular complexity index is 1280. The number of aryl methyl sites for hydroxylation is 2. The minimum absolute atomic E-state index is 0.